The van der Waals surface area contributed by atoms with Crippen molar-refractivity contribution >= 4 is 31.3 Å². The van der Waals surface area contributed by atoms with Gasteiger partial charge in [0.1, 0.15) is 16.4 Å². The normalized spacial score (nSPS) is 14.4. The number of hydrogen-bond acceptors (Lipinski definition) is 4. The summed E-state index contributed by atoms with van der Waals surface area (Å²) < 4.78 is 33.0. The summed E-state index contributed by atoms with van der Waals surface area (Å²) in [6.45, 7) is 0.394. The molecule has 1 aliphatic rings. The zero-order valence-corrected chi connectivity index (χ0v) is 10.6. The molecule has 0 N–H and O–H groups in total. The molecule has 1 aromatic rings. The molecule has 0 amide bonds. The van der Waals surface area contributed by atoms with Crippen molar-refractivity contribution in [2.24, 2.45) is 0 Å². The van der Waals surface area contributed by atoms with Gasteiger partial charge >= 0.3 is 0 Å². The van der Waals surface area contributed by atoms with E-state index in [-0.39, 0.29) is 15.7 Å². The van der Waals surface area contributed by atoms with Gasteiger partial charge in [-0.25, -0.2) is 8.42 Å². The van der Waals surface area contributed by atoms with E-state index in [9.17, 15) is 8.42 Å². The third-order valence-corrected chi connectivity index (χ3v) is 3.92. The third kappa shape index (κ3) is 1.83. The second-order valence-corrected chi connectivity index (χ2v) is 6.18. The van der Waals surface area contributed by atoms with Gasteiger partial charge < -0.3 is 9.47 Å². The molecule has 88 valence electrons. The van der Waals surface area contributed by atoms with Crippen LogP contribution in [0.25, 0.3) is 0 Å². The van der Waals surface area contributed by atoms with E-state index in [1.54, 1.807) is 0 Å². The number of benzene rings is 1. The molecule has 1 heterocycles. The van der Waals surface area contributed by atoms with E-state index in [1.807, 2.05) is 0 Å². The largest absolute Gasteiger partial charge is 0.495 e. The highest BCUT2D eigenvalue weighted by Crippen LogP contribution is 2.44. The first kappa shape index (κ1) is 11.8. The maximum Gasteiger partial charge on any atom is 0.265 e. The molecule has 0 saturated carbocycles. The summed E-state index contributed by atoms with van der Waals surface area (Å²) in [5.41, 5.74) is 0.647. The molecule has 0 atom stereocenters. The van der Waals surface area contributed by atoms with Gasteiger partial charge in [0.2, 0.25) is 0 Å². The number of hydrogen-bond donors (Lipinski definition) is 0. The maximum absolute atomic E-state index is 11.3. The molecule has 0 saturated heterocycles. The van der Waals surface area contributed by atoms with Crippen molar-refractivity contribution in [1.82, 2.24) is 0 Å². The lowest BCUT2D eigenvalue weighted by molar-refractivity contribution is 0.348. The van der Waals surface area contributed by atoms with Crippen molar-refractivity contribution in [3.8, 4) is 11.5 Å². The van der Waals surface area contributed by atoms with E-state index in [1.165, 1.54) is 13.2 Å². The molecule has 7 heteroatoms. The number of ether oxygens (including phenoxy) is 2. The molecule has 0 unspecified atom stereocenters. The Bertz CT molecular complexity index is 539. The van der Waals surface area contributed by atoms with E-state index >= 15 is 0 Å². The van der Waals surface area contributed by atoms with Crippen molar-refractivity contribution in [2.45, 2.75) is 11.3 Å². The third-order valence-electron chi connectivity index (χ3n) is 2.31. The zero-order chi connectivity index (χ0) is 11.9. The highest BCUT2D eigenvalue weighted by molar-refractivity contribution is 8.13. The van der Waals surface area contributed by atoms with Crippen molar-refractivity contribution < 1.29 is 17.9 Å². The van der Waals surface area contributed by atoms with Crippen LogP contribution in [0.2, 0.25) is 5.02 Å². The van der Waals surface area contributed by atoms with Crippen molar-refractivity contribution in [2.75, 3.05) is 13.7 Å². The van der Waals surface area contributed by atoms with Crippen LogP contribution in [0.1, 0.15) is 5.56 Å². The van der Waals surface area contributed by atoms with Crippen LogP contribution in [-0.2, 0) is 15.5 Å². The molecular weight excluding hydrogens is 275 g/mol. The average Bonchev–Trinajstić information content (AvgIpc) is 2.63. The smallest absolute Gasteiger partial charge is 0.265 e. The molecule has 4 nitrogen and oxygen atoms in total. The lowest BCUT2D eigenvalue weighted by Crippen LogP contribution is -1.98. The topological polar surface area (TPSA) is 52.6 Å². The van der Waals surface area contributed by atoms with E-state index in [2.05, 4.69) is 0 Å². The minimum Gasteiger partial charge on any atom is -0.495 e. The van der Waals surface area contributed by atoms with E-state index < -0.39 is 9.05 Å². The van der Waals surface area contributed by atoms with Crippen LogP contribution in [0.4, 0.5) is 0 Å². The summed E-state index contributed by atoms with van der Waals surface area (Å²) in [6, 6.07) is 1.24. The Kier molecular flexibility index (Phi) is 2.94. The SMILES string of the molecule is COc1c(Cl)cc(S(=O)(=O)Cl)c2c1CCO2. The second kappa shape index (κ2) is 3.98. The molecule has 16 heavy (non-hydrogen) atoms. The van der Waals surface area contributed by atoms with Gasteiger partial charge in [-0.05, 0) is 6.07 Å². The Hall–Kier alpha value is -0.650. The number of rotatable bonds is 2. The Morgan fingerprint density at radius 1 is 1.50 bits per heavy atom. The molecule has 0 aromatic heterocycles. The molecule has 2 rings (SSSR count). The summed E-state index contributed by atoms with van der Waals surface area (Å²) in [5, 5.41) is 0.214. The predicted octanol–water partition coefficient (Wildman–Crippen LogP) is 2.21. The fourth-order valence-corrected chi connectivity index (χ4v) is 3.06. The standard InChI is InChI=1S/C9H8Cl2O4S/c1-14-8-5-2-3-15-9(5)7(4-6(8)10)16(11,12)13/h4H,2-3H2,1H3. The summed E-state index contributed by atoms with van der Waals surface area (Å²) in [7, 11) is 2.90. The fraction of sp³-hybridized carbons (Fsp3) is 0.333. The first-order chi connectivity index (χ1) is 7.45. The van der Waals surface area contributed by atoms with Gasteiger partial charge in [0.05, 0.1) is 18.7 Å². The van der Waals surface area contributed by atoms with Crippen LogP contribution in [0.3, 0.4) is 0 Å². The number of halogens is 2. The van der Waals surface area contributed by atoms with Gasteiger partial charge in [0.25, 0.3) is 9.05 Å². The molecule has 0 bridgehead atoms. The van der Waals surface area contributed by atoms with Crippen LogP contribution in [0.15, 0.2) is 11.0 Å². The first-order valence-electron chi connectivity index (χ1n) is 4.42. The predicted molar refractivity (Wildman–Crippen MR) is 60.2 cm³/mol. The minimum absolute atomic E-state index is 0.104. The lowest BCUT2D eigenvalue weighted by atomic mass is 10.1. The Balaban J connectivity index is 2.77. The van der Waals surface area contributed by atoms with Crippen molar-refractivity contribution in [3.63, 3.8) is 0 Å². The van der Waals surface area contributed by atoms with Crippen LogP contribution < -0.4 is 9.47 Å². The molecule has 1 aromatic carbocycles. The van der Waals surface area contributed by atoms with Crippen LogP contribution in [-0.4, -0.2) is 22.1 Å². The quantitative estimate of drug-likeness (QED) is 0.781. The fourth-order valence-electron chi connectivity index (χ4n) is 1.68. The van der Waals surface area contributed by atoms with E-state index in [4.69, 9.17) is 31.8 Å². The summed E-state index contributed by atoms with van der Waals surface area (Å²) >= 11 is 5.92. The molecule has 0 spiro atoms. The number of fused-ring (bicyclic) bond motifs is 1. The Morgan fingerprint density at radius 2 is 2.19 bits per heavy atom. The summed E-state index contributed by atoms with van der Waals surface area (Å²) in [4.78, 5) is -0.104. The van der Waals surface area contributed by atoms with Crippen molar-refractivity contribution in [3.05, 3.63) is 16.7 Å². The highest BCUT2D eigenvalue weighted by Gasteiger charge is 2.29. The Labute approximate surface area is 102 Å². The van der Waals surface area contributed by atoms with Gasteiger partial charge in [0.15, 0.2) is 0 Å². The van der Waals surface area contributed by atoms with Crippen LogP contribution in [0, 0.1) is 0 Å². The van der Waals surface area contributed by atoms with Crippen LogP contribution >= 0.6 is 22.3 Å². The lowest BCUT2D eigenvalue weighted by Gasteiger charge is -2.10. The molecular formula is C9H8Cl2O4S. The molecule has 0 fully saturated rings. The molecule has 0 radical (unpaired) electrons. The van der Waals surface area contributed by atoms with Gasteiger partial charge in [-0.3, -0.25) is 0 Å². The minimum atomic E-state index is -3.87. The Morgan fingerprint density at radius 3 is 2.75 bits per heavy atom. The van der Waals surface area contributed by atoms with Gasteiger partial charge in [-0.15, -0.1) is 0 Å². The zero-order valence-electron chi connectivity index (χ0n) is 8.29. The van der Waals surface area contributed by atoms with E-state index in [0.29, 0.717) is 24.3 Å². The number of methoxy groups -OCH3 is 1. The second-order valence-electron chi connectivity index (χ2n) is 3.23. The van der Waals surface area contributed by atoms with Crippen LogP contribution in [0.5, 0.6) is 11.5 Å². The van der Waals surface area contributed by atoms with Gasteiger partial charge in [-0.2, -0.15) is 0 Å². The van der Waals surface area contributed by atoms with Gasteiger partial charge in [0, 0.05) is 22.7 Å². The average molecular weight is 283 g/mol. The first-order valence-corrected chi connectivity index (χ1v) is 7.10. The van der Waals surface area contributed by atoms with E-state index in [0.717, 1.165) is 0 Å². The summed E-state index contributed by atoms with van der Waals surface area (Å²) in [6.07, 6.45) is 0.554. The molecule has 0 aliphatic carbocycles. The highest BCUT2D eigenvalue weighted by atomic mass is 35.7. The molecule has 1 aliphatic heterocycles. The van der Waals surface area contributed by atoms with Gasteiger partial charge in [-0.1, -0.05) is 11.6 Å². The van der Waals surface area contributed by atoms with Crippen molar-refractivity contribution in [1.29, 1.82) is 0 Å². The summed E-state index contributed by atoms with van der Waals surface area (Å²) in [5.74, 6) is 0.689. The monoisotopic (exact) mass is 282 g/mol. The maximum atomic E-state index is 11.3.